The summed E-state index contributed by atoms with van der Waals surface area (Å²) in [5.41, 5.74) is 16.1. The molecular formula is C66H48N6OPt-2. The van der Waals surface area contributed by atoms with Gasteiger partial charge < -0.3 is 23.0 Å². The number of benzene rings is 9. The second-order valence-electron chi connectivity index (χ2n) is 20.1. The molecule has 360 valence electrons. The summed E-state index contributed by atoms with van der Waals surface area (Å²) in [4.78, 5) is 5.16. The molecule has 5 heterocycles. The Bertz CT molecular complexity index is 4480. The van der Waals surface area contributed by atoms with Crippen LogP contribution >= 0.6 is 0 Å². The van der Waals surface area contributed by atoms with Gasteiger partial charge >= 0.3 is 0 Å². The average Bonchev–Trinajstić information content (AvgIpc) is 4.18. The molecule has 8 heteroatoms. The summed E-state index contributed by atoms with van der Waals surface area (Å²) < 4.78 is 18.3. The molecule has 74 heavy (non-hydrogen) atoms. The third-order valence-electron chi connectivity index (χ3n) is 14.8. The molecule has 0 aliphatic rings. The average molecular weight is 1140 g/mol. The number of imidazole rings is 1. The summed E-state index contributed by atoms with van der Waals surface area (Å²) in [5, 5.41) is 7.05. The molecule has 0 bridgehead atoms. The molecule has 7 nitrogen and oxygen atoms in total. The monoisotopic (exact) mass is 1140 g/mol. The van der Waals surface area contributed by atoms with Gasteiger partial charge in [0, 0.05) is 91.0 Å². The van der Waals surface area contributed by atoms with Crippen molar-refractivity contribution < 1.29 is 30.4 Å². The van der Waals surface area contributed by atoms with Crippen molar-refractivity contribution >= 4 is 76.5 Å². The van der Waals surface area contributed by atoms with Crippen LogP contribution in [0, 0.1) is 18.5 Å². The van der Waals surface area contributed by atoms with Crippen molar-refractivity contribution in [3.63, 3.8) is 0 Å². The number of hydrogen-bond donors (Lipinski definition) is 0. The van der Waals surface area contributed by atoms with Crippen molar-refractivity contribution in [3.8, 4) is 50.9 Å². The summed E-state index contributed by atoms with van der Waals surface area (Å²) in [6.07, 6.45) is 5.74. The van der Waals surface area contributed by atoms with Crippen molar-refractivity contribution in [2.75, 3.05) is 0 Å². The van der Waals surface area contributed by atoms with E-state index in [-0.39, 0.29) is 26.5 Å². The molecule has 0 amide bonds. The zero-order valence-electron chi connectivity index (χ0n) is 41.5. The van der Waals surface area contributed by atoms with Crippen LogP contribution in [0.3, 0.4) is 0 Å². The molecule has 0 radical (unpaired) electrons. The Labute approximate surface area is 443 Å². The minimum Gasteiger partial charge on any atom is -0.510 e. The van der Waals surface area contributed by atoms with E-state index in [9.17, 15) is 0 Å². The van der Waals surface area contributed by atoms with E-state index in [1.165, 1.54) is 49.2 Å². The van der Waals surface area contributed by atoms with Gasteiger partial charge in [0.05, 0.1) is 27.8 Å². The van der Waals surface area contributed by atoms with Crippen LogP contribution in [0.2, 0.25) is 0 Å². The number of ether oxygens (including phenoxy) is 1. The number of nitrogens with zero attached hydrogens (tertiary/aromatic N) is 6. The molecule has 0 unspecified atom stereocenters. The van der Waals surface area contributed by atoms with Crippen molar-refractivity contribution in [3.05, 3.63) is 224 Å². The van der Waals surface area contributed by atoms with Crippen LogP contribution in [-0.2, 0) is 40.6 Å². The van der Waals surface area contributed by atoms with Crippen LogP contribution in [-0.4, -0.2) is 23.3 Å². The molecule has 0 saturated heterocycles. The standard InChI is InChI=1S/C66H48N6O.Pt/c1-66(2,3)44-36-37-67-58(38-44)72-57-40-47(34-35-52(57)61-64-59(50-26-12-14-30-53(50)68(64)4)63-60(65(61)72)51-27-13-15-31-54(51)69(63)5)73-46-25-18-24-45(39-46)70-41-71(56-33-17-16-32-55(56)70)62-48(42-20-8-6-9-21-42)28-19-29-49(62)43-22-10-7-11-23-43;/h6-38H,1-5H3;/q-2;. The van der Waals surface area contributed by atoms with E-state index in [4.69, 9.17) is 9.72 Å². The number of fused-ring (bicyclic) bond motifs is 13. The van der Waals surface area contributed by atoms with Crippen molar-refractivity contribution in [2.24, 2.45) is 14.1 Å². The molecule has 14 rings (SSSR count). The SMILES string of the molecule is Cn1c2ccccc2c2c1c1c3ccc(Oc4[c-]c(-[n+]5[c-]n(-c6c(-c7ccccc7)cccc6-c6ccccc6)c6ccccc65)ccc4)[c-]c3n(-c3cc(C(C)(C)C)ccn3)c1c1c3ccccc3n(C)c21.[Pt]. The van der Waals surface area contributed by atoms with Crippen LogP contribution in [0.15, 0.2) is 200 Å². The number of rotatable bonds is 7. The fourth-order valence-electron chi connectivity index (χ4n) is 11.5. The van der Waals surface area contributed by atoms with Crippen molar-refractivity contribution in [1.82, 2.24) is 23.3 Å². The number of hydrogen-bond acceptors (Lipinski definition) is 2. The number of aromatic nitrogens is 6. The molecule has 9 aromatic carbocycles. The number of para-hydroxylation sites is 5. The largest absolute Gasteiger partial charge is 0.510 e. The second kappa shape index (κ2) is 17.3. The van der Waals surface area contributed by atoms with Gasteiger partial charge in [0.15, 0.2) is 0 Å². The molecule has 0 aliphatic heterocycles. The first-order chi connectivity index (χ1) is 35.7. The number of aryl methyl sites for hydroxylation is 2. The maximum Gasteiger partial charge on any atom is 0.268 e. The van der Waals surface area contributed by atoms with Crippen LogP contribution in [0.1, 0.15) is 26.3 Å². The van der Waals surface area contributed by atoms with Crippen LogP contribution < -0.4 is 9.30 Å². The van der Waals surface area contributed by atoms with Gasteiger partial charge in [0.1, 0.15) is 5.82 Å². The Kier molecular flexibility index (Phi) is 10.6. The normalized spacial score (nSPS) is 12.0. The van der Waals surface area contributed by atoms with Crippen molar-refractivity contribution in [2.45, 2.75) is 26.2 Å². The van der Waals surface area contributed by atoms with Gasteiger partial charge in [-0.15, -0.1) is 24.3 Å². The van der Waals surface area contributed by atoms with Crippen LogP contribution in [0.4, 0.5) is 0 Å². The third kappa shape index (κ3) is 6.90. The van der Waals surface area contributed by atoms with E-state index >= 15 is 0 Å². The van der Waals surface area contributed by atoms with Gasteiger partial charge in [-0.25, -0.2) is 4.98 Å². The van der Waals surface area contributed by atoms with Gasteiger partial charge in [-0.1, -0.05) is 171 Å². The smallest absolute Gasteiger partial charge is 0.268 e. The number of pyridine rings is 1. The zero-order valence-corrected chi connectivity index (χ0v) is 43.7. The van der Waals surface area contributed by atoms with Gasteiger partial charge in [0.2, 0.25) is 0 Å². The topological polar surface area (TPSA) is 45.7 Å². The second-order valence-corrected chi connectivity index (χ2v) is 20.1. The molecule has 0 aliphatic carbocycles. The fourth-order valence-corrected chi connectivity index (χ4v) is 11.5. The Morgan fingerprint density at radius 2 is 1.07 bits per heavy atom. The summed E-state index contributed by atoms with van der Waals surface area (Å²) >= 11 is 0. The fraction of sp³-hybridized carbons (Fsp3) is 0.0909. The molecule has 14 aromatic rings. The van der Waals surface area contributed by atoms with E-state index in [2.05, 4.69) is 252 Å². The summed E-state index contributed by atoms with van der Waals surface area (Å²) in [7, 11) is 4.40. The van der Waals surface area contributed by atoms with E-state index in [1.807, 2.05) is 24.4 Å². The summed E-state index contributed by atoms with van der Waals surface area (Å²) in [6.45, 7) is 6.76. The molecule has 5 aromatic heterocycles. The van der Waals surface area contributed by atoms with E-state index in [1.54, 1.807) is 0 Å². The summed E-state index contributed by atoms with van der Waals surface area (Å²) in [6, 6.07) is 75.9. The molecule has 0 atom stereocenters. The van der Waals surface area contributed by atoms with Crippen molar-refractivity contribution in [1.29, 1.82) is 0 Å². The van der Waals surface area contributed by atoms with Crippen LogP contribution in [0.25, 0.3) is 116 Å². The first-order valence-electron chi connectivity index (χ1n) is 24.8. The van der Waals surface area contributed by atoms with E-state index in [0.717, 1.165) is 72.3 Å². The first-order valence-corrected chi connectivity index (χ1v) is 24.8. The molecule has 0 saturated carbocycles. The quantitative estimate of drug-likeness (QED) is 0.118. The van der Waals surface area contributed by atoms with Gasteiger partial charge in [-0.3, -0.25) is 4.57 Å². The molecule has 0 N–H and O–H groups in total. The Morgan fingerprint density at radius 3 is 1.72 bits per heavy atom. The molecular weight excluding hydrogens is 1090 g/mol. The third-order valence-corrected chi connectivity index (χ3v) is 14.8. The minimum absolute atomic E-state index is 0. The first kappa shape index (κ1) is 45.4. The van der Waals surface area contributed by atoms with E-state index < -0.39 is 0 Å². The Morgan fingerprint density at radius 1 is 0.514 bits per heavy atom. The maximum absolute atomic E-state index is 6.90. The van der Waals surface area contributed by atoms with E-state index in [0.29, 0.717) is 11.5 Å². The predicted octanol–water partition coefficient (Wildman–Crippen LogP) is 15.5. The summed E-state index contributed by atoms with van der Waals surface area (Å²) in [5.74, 6) is 1.96. The van der Waals surface area contributed by atoms with Crippen LogP contribution in [0.5, 0.6) is 11.5 Å². The maximum atomic E-state index is 6.90. The van der Waals surface area contributed by atoms with Gasteiger partial charge in [0.25, 0.3) is 6.33 Å². The minimum atomic E-state index is -0.107. The predicted molar refractivity (Wildman–Crippen MR) is 298 cm³/mol. The Balaban J connectivity index is 0.00000528. The molecule has 0 fully saturated rings. The molecule has 0 spiro atoms. The van der Waals surface area contributed by atoms with Gasteiger partial charge in [-0.05, 0) is 68.6 Å². The zero-order chi connectivity index (χ0) is 49.1. The Hall–Kier alpha value is -8.51. The van der Waals surface area contributed by atoms with Gasteiger partial charge in [-0.2, -0.15) is 18.2 Å².